The van der Waals surface area contributed by atoms with Crippen molar-refractivity contribution in [1.82, 2.24) is 10.2 Å². The zero-order valence-corrected chi connectivity index (χ0v) is 22.1. The first kappa shape index (κ1) is 28.0. The molecule has 10 heteroatoms. The molecule has 0 aromatic heterocycles. The quantitative estimate of drug-likeness (QED) is 0.466. The highest BCUT2D eigenvalue weighted by atomic mass is 35.5. The molecule has 0 unspecified atom stereocenters. The van der Waals surface area contributed by atoms with Gasteiger partial charge in [0.05, 0.1) is 11.9 Å². The average Bonchev–Trinajstić information content (AvgIpc) is 2.73. The van der Waals surface area contributed by atoms with Gasteiger partial charge in [-0.1, -0.05) is 41.4 Å². The smallest absolute Gasteiger partial charge is 0.242 e. The Morgan fingerprint density at radius 2 is 1.62 bits per heavy atom. The molecule has 7 nitrogen and oxygen atoms in total. The Morgan fingerprint density at radius 1 is 1.00 bits per heavy atom. The second kappa shape index (κ2) is 12.4. The fourth-order valence-corrected chi connectivity index (χ4v) is 4.81. The van der Waals surface area contributed by atoms with E-state index in [1.54, 1.807) is 49.4 Å². The SMILES string of the molecule is CC(C)NC(=O)[C@H](C)N(Cc1cccc(Cl)c1)C(=O)CCCN(c1cccc(Cl)c1)S(C)(=O)=O. The lowest BCUT2D eigenvalue weighted by molar-refractivity contribution is -0.140. The normalized spacial score (nSPS) is 12.3. The van der Waals surface area contributed by atoms with Gasteiger partial charge in [0, 0.05) is 35.6 Å². The summed E-state index contributed by atoms with van der Waals surface area (Å²) in [7, 11) is -3.58. The molecule has 34 heavy (non-hydrogen) atoms. The first-order valence-electron chi connectivity index (χ1n) is 11.0. The van der Waals surface area contributed by atoms with Gasteiger partial charge in [-0.15, -0.1) is 0 Å². The number of hydrogen-bond acceptors (Lipinski definition) is 4. The molecule has 0 heterocycles. The molecule has 1 N–H and O–H groups in total. The molecule has 2 amide bonds. The minimum atomic E-state index is -3.58. The zero-order chi connectivity index (χ0) is 25.5. The van der Waals surface area contributed by atoms with E-state index in [1.807, 2.05) is 19.9 Å². The third-order valence-electron chi connectivity index (χ3n) is 5.09. The lowest BCUT2D eigenvalue weighted by atomic mass is 10.1. The summed E-state index contributed by atoms with van der Waals surface area (Å²) in [5, 5.41) is 3.79. The maximum absolute atomic E-state index is 13.2. The van der Waals surface area contributed by atoms with Crippen LogP contribution in [-0.2, 0) is 26.2 Å². The fourth-order valence-electron chi connectivity index (χ4n) is 3.45. The number of carbonyl (C=O) groups is 2. The van der Waals surface area contributed by atoms with E-state index < -0.39 is 16.1 Å². The lowest BCUT2D eigenvalue weighted by Gasteiger charge is -2.30. The monoisotopic (exact) mass is 527 g/mol. The molecule has 0 radical (unpaired) electrons. The van der Waals surface area contributed by atoms with Gasteiger partial charge in [0.1, 0.15) is 6.04 Å². The molecular weight excluding hydrogens is 497 g/mol. The molecule has 2 rings (SSSR count). The van der Waals surface area contributed by atoms with Gasteiger partial charge in [-0.05, 0) is 63.1 Å². The Balaban J connectivity index is 2.17. The van der Waals surface area contributed by atoms with Gasteiger partial charge < -0.3 is 10.2 Å². The molecule has 0 aliphatic rings. The summed E-state index contributed by atoms with van der Waals surface area (Å²) in [5.74, 6) is -0.520. The predicted octanol–water partition coefficient (Wildman–Crippen LogP) is 4.48. The van der Waals surface area contributed by atoms with Gasteiger partial charge in [0.15, 0.2) is 0 Å². The largest absolute Gasteiger partial charge is 0.352 e. The Morgan fingerprint density at radius 3 is 2.18 bits per heavy atom. The van der Waals surface area contributed by atoms with Crippen LogP contribution in [0.25, 0.3) is 0 Å². The highest BCUT2D eigenvalue weighted by Crippen LogP contribution is 2.23. The van der Waals surface area contributed by atoms with E-state index in [2.05, 4.69) is 5.32 Å². The van der Waals surface area contributed by atoms with Crippen LogP contribution < -0.4 is 9.62 Å². The summed E-state index contributed by atoms with van der Waals surface area (Å²) in [6.07, 6.45) is 1.44. The molecular formula is C24H31Cl2N3O4S. The standard InChI is InChI=1S/C24H31Cl2N3O4S/c1-17(2)27-24(31)18(3)28(16-19-8-5-9-20(25)14-19)23(30)12-7-13-29(34(4,32)33)22-11-6-10-21(26)15-22/h5-6,8-11,14-15,17-18H,7,12-13,16H2,1-4H3,(H,27,31)/t18-/m0/s1. The Kier molecular flexibility index (Phi) is 10.2. The lowest BCUT2D eigenvalue weighted by Crippen LogP contribution is -2.49. The minimum Gasteiger partial charge on any atom is -0.352 e. The summed E-state index contributed by atoms with van der Waals surface area (Å²) in [6.45, 7) is 5.68. The van der Waals surface area contributed by atoms with E-state index in [-0.39, 0.29) is 43.8 Å². The van der Waals surface area contributed by atoms with Crippen molar-refractivity contribution in [1.29, 1.82) is 0 Å². The summed E-state index contributed by atoms with van der Waals surface area (Å²) in [6, 6.07) is 12.9. The molecule has 0 aliphatic heterocycles. The number of sulfonamides is 1. The second-order valence-electron chi connectivity index (χ2n) is 8.41. The van der Waals surface area contributed by atoms with Crippen LogP contribution in [-0.4, -0.2) is 50.0 Å². The molecule has 0 fully saturated rings. The second-order valence-corrected chi connectivity index (χ2v) is 11.2. The predicted molar refractivity (Wildman–Crippen MR) is 138 cm³/mol. The van der Waals surface area contributed by atoms with Crippen LogP contribution in [0.2, 0.25) is 10.0 Å². The fraction of sp³-hybridized carbons (Fsp3) is 0.417. The van der Waals surface area contributed by atoms with Gasteiger partial charge in [-0.2, -0.15) is 0 Å². The van der Waals surface area contributed by atoms with Crippen LogP contribution >= 0.6 is 23.2 Å². The zero-order valence-electron chi connectivity index (χ0n) is 19.8. The van der Waals surface area contributed by atoms with Gasteiger partial charge in [-0.25, -0.2) is 8.42 Å². The van der Waals surface area contributed by atoms with Crippen molar-refractivity contribution < 1.29 is 18.0 Å². The van der Waals surface area contributed by atoms with Gasteiger partial charge in [-0.3, -0.25) is 13.9 Å². The van der Waals surface area contributed by atoms with Gasteiger partial charge in [0.25, 0.3) is 0 Å². The van der Waals surface area contributed by atoms with Crippen molar-refractivity contribution >= 4 is 50.7 Å². The van der Waals surface area contributed by atoms with Crippen LogP contribution in [0.1, 0.15) is 39.2 Å². The minimum absolute atomic E-state index is 0.0620. The van der Waals surface area contributed by atoms with E-state index in [0.29, 0.717) is 15.7 Å². The van der Waals surface area contributed by atoms with Gasteiger partial charge in [0.2, 0.25) is 21.8 Å². The van der Waals surface area contributed by atoms with Crippen LogP contribution in [0.4, 0.5) is 5.69 Å². The number of rotatable bonds is 11. The van der Waals surface area contributed by atoms with E-state index in [1.165, 1.54) is 9.21 Å². The molecule has 2 aromatic rings. The van der Waals surface area contributed by atoms with Gasteiger partial charge >= 0.3 is 0 Å². The summed E-state index contributed by atoms with van der Waals surface area (Å²) >= 11 is 12.1. The molecule has 0 spiro atoms. The third-order valence-corrected chi connectivity index (χ3v) is 6.75. The van der Waals surface area contributed by atoms with Crippen LogP contribution in [0, 0.1) is 0 Å². The molecule has 1 atom stereocenters. The Labute approximate surface area is 212 Å². The Hall–Kier alpha value is -2.29. The summed E-state index contributed by atoms with van der Waals surface area (Å²) < 4.78 is 25.9. The average molecular weight is 529 g/mol. The van der Waals surface area contributed by atoms with E-state index in [4.69, 9.17) is 23.2 Å². The number of amides is 2. The number of benzene rings is 2. The maximum Gasteiger partial charge on any atom is 0.242 e. The molecule has 0 aliphatic carbocycles. The highest BCUT2D eigenvalue weighted by Gasteiger charge is 2.27. The molecule has 0 saturated heterocycles. The number of nitrogens with one attached hydrogen (secondary N) is 1. The van der Waals surface area contributed by atoms with E-state index in [9.17, 15) is 18.0 Å². The summed E-state index contributed by atoms with van der Waals surface area (Å²) in [4.78, 5) is 27.4. The number of hydrogen-bond donors (Lipinski definition) is 1. The third kappa shape index (κ3) is 8.49. The highest BCUT2D eigenvalue weighted by molar-refractivity contribution is 7.92. The molecule has 0 bridgehead atoms. The van der Waals surface area contributed by atoms with Crippen molar-refractivity contribution in [3.05, 3.63) is 64.1 Å². The van der Waals surface area contributed by atoms with Crippen molar-refractivity contribution in [3.63, 3.8) is 0 Å². The number of nitrogens with zero attached hydrogens (tertiary/aromatic N) is 2. The van der Waals surface area contributed by atoms with Crippen molar-refractivity contribution in [2.75, 3.05) is 17.1 Å². The Bertz CT molecular complexity index is 1110. The number of halogens is 2. The van der Waals surface area contributed by atoms with Crippen molar-refractivity contribution in [2.45, 2.75) is 52.2 Å². The van der Waals surface area contributed by atoms with Crippen LogP contribution in [0.5, 0.6) is 0 Å². The number of carbonyl (C=O) groups excluding carboxylic acids is 2. The van der Waals surface area contributed by atoms with Crippen LogP contribution in [0.15, 0.2) is 48.5 Å². The van der Waals surface area contributed by atoms with Crippen molar-refractivity contribution in [2.24, 2.45) is 0 Å². The summed E-state index contributed by atoms with van der Waals surface area (Å²) in [5.41, 5.74) is 1.23. The van der Waals surface area contributed by atoms with Crippen molar-refractivity contribution in [3.8, 4) is 0 Å². The van der Waals surface area contributed by atoms with E-state index >= 15 is 0 Å². The van der Waals surface area contributed by atoms with Crippen LogP contribution in [0.3, 0.4) is 0 Å². The maximum atomic E-state index is 13.2. The first-order valence-corrected chi connectivity index (χ1v) is 13.6. The first-order chi connectivity index (χ1) is 15.9. The molecule has 2 aromatic carbocycles. The topological polar surface area (TPSA) is 86.8 Å². The molecule has 0 saturated carbocycles. The van der Waals surface area contributed by atoms with E-state index in [0.717, 1.165) is 11.8 Å². The number of anilines is 1. The molecule has 186 valence electrons.